The molecule has 1 aliphatic rings. The predicted molar refractivity (Wildman–Crippen MR) is 89.5 cm³/mol. The molecule has 0 bridgehead atoms. The van der Waals surface area contributed by atoms with Crippen LogP contribution >= 0.6 is 0 Å². The Bertz CT molecular complexity index is 913. The maximum absolute atomic E-state index is 12.9. The third kappa shape index (κ3) is 2.94. The van der Waals surface area contributed by atoms with Crippen molar-refractivity contribution >= 4 is 5.91 Å². The fraction of sp³-hybridized carbons (Fsp3) is 0.333. The Balaban J connectivity index is 1.51. The van der Waals surface area contributed by atoms with Gasteiger partial charge in [-0.25, -0.2) is 0 Å². The minimum absolute atomic E-state index is 0.0905. The molecule has 134 valence electrons. The Morgan fingerprint density at radius 1 is 1.31 bits per heavy atom. The highest BCUT2D eigenvalue weighted by Crippen LogP contribution is 2.26. The monoisotopic (exact) mass is 354 g/mol. The molecule has 4 rings (SSSR count). The lowest BCUT2D eigenvalue weighted by atomic mass is 10.0. The average molecular weight is 354 g/mol. The molecule has 0 aliphatic carbocycles. The Kier molecular flexibility index (Phi) is 4.16. The highest BCUT2D eigenvalue weighted by Gasteiger charge is 2.30. The van der Waals surface area contributed by atoms with Gasteiger partial charge in [-0.15, -0.1) is 0 Å². The highest BCUT2D eigenvalue weighted by molar-refractivity contribution is 5.96. The van der Waals surface area contributed by atoms with Gasteiger partial charge in [0.05, 0.1) is 18.4 Å². The van der Waals surface area contributed by atoms with Crippen molar-refractivity contribution < 1.29 is 18.6 Å². The molecule has 8 nitrogen and oxygen atoms in total. The Morgan fingerprint density at radius 3 is 2.92 bits per heavy atom. The minimum Gasteiger partial charge on any atom is -0.486 e. The topological polar surface area (TPSA) is 94.5 Å². The van der Waals surface area contributed by atoms with Gasteiger partial charge in [-0.1, -0.05) is 10.3 Å². The largest absolute Gasteiger partial charge is 0.486 e. The first-order valence-electron chi connectivity index (χ1n) is 8.34. The van der Waals surface area contributed by atoms with Gasteiger partial charge in [0.2, 0.25) is 0 Å². The second-order valence-corrected chi connectivity index (χ2v) is 6.18. The number of rotatable bonds is 4. The Labute approximate surface area is 149 Å². The van der Waals surface area contributed by atoms with Crippen LogP contribution in [0.15, 0.2) is 33.6 Å². The van der Waals surface area contributed by atoms with Crippen LogP contribution in [0.1, 0.15) is 38.8 Å². The number of aryl methyl sites for hydroxylation is 2. The Hall–Kier alpha value is -3.16. The van der Waals surface area contributed by atoms with Crippen LogP contribution in [-0.4, -0.2) is 32.6 Å². The summed E-state index contributed by atoms with van der Waals surface area (Å²) in [4.78, 5) is 18.6. The summed E-state index contributed by atoms with van der Waals surface area (Å²) in [5, 5.41) is 7.98. The molecule has 4 heterocycles. The summed E-state index contributed by atoms with van der Waals surface area (Å²) in [7, 11) is 0. The van der Waals surface area contributed by atoms with E-state index in [2.05, 4.69) is 15.3 Å². The fourth-order valence-electron chi connectivity index (χ4n) is 3.08. The van der Waals surface area contributed by atoms with Gasteiger partial charge in [-0.2, -0.15) is 0 Å². The summed E-state index contributed by atoms with van der Waals surface area (Å²) in [5.74, 6) is 1.90. The number of hydrogen-bond acceptors (Lipinski definition) is 7. The second kappa shape index (κ2) is 6.62. The van der Waals surface area contributed by atoms with Gasteiger partial charge in [0.25, 0.3) is 5.91 Å². The fourth-order valence-corrected chi connectivity index (χ4v) is 3.08. The number of amides is 1. The van der Waals surface area contributed by atoms with Crippen molar-refractivity contribution in [3.05, 3.63) is 58.6 Å². The van der Waals surface area contributed by atoms with Gasteiger partial charge in [-0.3, -0.25) is 9.78 Å². The number of ether oxygens (including phenoxy) is 1. The average Bonchev–Trinajstić information content (AvgIpc) is 3.22. The molecule has 0 aromatic carbocycles. The van der Waals surface area contributed by atoms with E-state index in [1.165, 1.54) is 0 Å². The third-order valence-electron chi connectivity index (χ3n) is 4.45. The number of fused-ring (bicyclic) bond motifs is 1. The molecule has 0 atom stereocenters. The second-order valence-electron chi connectivity index (χ2n) is 6.18. The van der Waals surface area contributed by atoms with Crippen LogP contribution in [-0.2, 0) is 19.6 Å². The van der Waals surface area contributed by atoms with E-state index >= 15 is 0 Å². The summed E-state index contributed by atoms with van der Waals surface area (Å²) >= 11 is 0. The molecule has 3 aromatic heterocycles. The van der Waals surface area contributed by atoms with Gasteiger partial charge in [0.15, 0.2) is 0 Å². The molecule has 26 heavy (non-hydrogen) atoms. The number of pyridine rings is 1. The normalized spacial score (nSPS) is 13.5. The van der Waals surface area contributed by atoms with Crippen LogP contribution in [0.25, 0.3) is 0 Å². The van der Waals surface area contributed by atoms with Crippen LogP contribution < -0.4 is 4.74 Å². The van der Waals surface area contributed by atoms with E-state index in [1.807, 2.05) is 6.07 Å². The minimum atomic E-state index is -0.0905. The maximum atomic E-state index is 12.9. The molecule has 0 spiro atoms. The van der Waals surface area contributed by atoms with Crippen LogP contribution in [0.5, 0.6) is 5.75 Å². The lowest BCUT2D eigenvalue weighted by molar-refractivity contribution is 0.0726. The standard InChI is InChI=1S/C18H18N4O4/c1-11-17(12(2)25-20-11)18(23)22-7-5-16-14(9-22)15(21-26-16)10-24-13-4-3-6-19-8-13/h3-4,6,8H,5,7,9-10H2,1-2H3. The molecule has 3 aromatic rings. The Morgan fingerprint density at radius 2 is 2.19 bits per heavy atom. The van der Waals surface area contributed by atoms with E-state index in [1.54, 1.807) is 37.2 Å². The zero-order chi connectivity index (χ0) is 18.1. The number of aromatic nitrogens is 3. The zero-order valence-corrected chi connectivity index (χ0v) is 14.6. The van der Waals surface area contributed by atoms with Gasteiger partial charge in [-0.05, 0) is 26.0 Å². The first-order valence-corrected chi connectivity index (χ1v) is 8.34. The van der Waals surface area contributed by atoms with Crippen molar-refractivity contribution in [3.63, 3.8) is 0 Å². The summed E-state index contributed by atoms with van der Waals surface area (Å²) in [6, 6.07) is 3.63. The van der Waals surface area contributed by atoms with Crippen molar-refractivity contribution in [1.29, 1.82) is 0 Å². The molecule has 0 unspecified atom stereocenters. The van der Waals surface area contributed by atoms with Gasteiger partial charge >= 0.3 is 0 Å². The van der Waals surface area contributed by atoms with Gasteiger partial charge in [0, 0.05) is 24.7 Å². The summed E-state index contributed by atoms with van der Waals surface area (Å²) in [6.07, 6.45) is 3.94. The first kappa shape index (κ1) is 16.3. The predicted octanol–water partition coefficient (Wildman–Crippen LogP) is 2.45. The van der Waals surface area contributed by atoms with E-state index < -0.39 is 0 Å². The van der Waals surface area contributed by atoms with Crippen molar-refractivity contribution in [2.75, 3.05) is 6.54 Å². The molecular weight excluding hydrogens is 336 g/mol. The molecule has 0 N–H and O–H groups in total. The summed E-state index contributed by atoms with van der Waals surface area (Å²) < 4.78 is 16.3. The van der Waals surface area contributed by atoms with Crippen molar-refractivity contribution in [2.24, 2.45) is 0 Å². The van der Waals surface area contributed by atoms with Gasteiger partial charge < -0.3 is 18.7 Å². The maximum Gasteiger partial charge on any atom is 0.259 e. The zero-order valence-electron chi connectivity index (χ0n) is 14.6. The van der Waals surface area contributed by atoms with Gasteiger partial charge in [0.1, 0.15) is 35.1 Å². The van der Waals surface area contributed by atoms with Crippen LogP contribution in [0.2, 0.25) is 0 Å². The number of nitrogens with zero attached hydrogens (tertiary/aromatic N) is 4. The molecule has 1 amide bonds. The van der Waals surface area contributed by atoms with E-state index in [0.29, 0.717) is 48.0 Å². The van der Waals surface area contributed by atoms with E-state index in [0.717, 1.165) is 11.3 Å². The van der Waals surface area contributed by atoms with Crippen molar-refractivity contribution in [2.45, 2.75) is 33.4 Å². The number of hydrogen-bond donors (Lipinski definition) is 0. The van der Waals surface area contributed by atoms with E-state index in [9.17, 15) is 4.79 Å². The molecule has 0 saturated heterocycles. The molecule has 1 aliphatic heterocycles. The third-order valence-corrected chi connectivity index (χ3v) is 4.45. The first-order chi connectivity index (χ1) is 12.6. The van der Waals surface area contributed by atoms with Crippen LogP contribution in [0.4, 0.5) is 0 Å². The SMILES string of the molecule is Cc1noc(C)c1C(=O)N1CCc2onc(COc3cccnc3)c2C1. The van der Waals surface area contributed by atoms with Crippen LogP contribution in [0.3, 0.4) is 0 Å². The molecule has 0 fully saturated rings. The lowest BCUT2D eigenvalue weighted by Gasteiger charge is -2.26. The van der Waals surface area contributed by atoms with E-state index in [-0.39, 0.29) is 12.5 Å². The highest BCUT2D eigenvalue weighted by atomic mass is 16.5. The van der Waals surface area contributed by atoms with Crippen molar-refractivity contribution in [1.82, 2.24) is 20.2 Å². The van der Waals surface area contributed by atoms with Crippen LogP contribution in [0, 0.1) is 13.8 Å². The number of carbonyl (C=O) groups is 1. The number of carbonyl (C=O) groups excluding carboxylic acids is 1. The summed E-state index contributed by atoms with van der Waals surface area (Å²) in [5.41, 5.74) is 2.72. The lowest BCUT2D eigenvalue weighted by Crippen LogP contribution is -2.36. The molecule has 0 radical (unpaired) electrons. The summed E-state index contributed by atoms with van der Waals surface area (Å²) in [6.45, 7) is 4.76. The molecule has 8 heteroatoms. The van der Waals surface area contributed by atoms with E-state index in [4.69, 9.17) is 13.8 Å². The molecular formula is C18H18N4O4. The quantitative estimate of drug-likeness (QED) is 0.710. The van der Waals surface area contributed by atoms with Crippen molar-refractivity contribution in [3.8, 4) is 5.75 Å². The molecule has 0 saturated carbocycles. The smallest absolute Gasteiger partial charge is 0.259 e.